The molecule has 4 unspecified atom stereocenters. The summed E-state index contributed by atoms with van der Waals surface area (Å²) in [6.07, 6.45) is 61.8. The summed E-state index contributed by atoms with van der Waals surface area (Å²) in [4.78, 5) is 12.6. The number of rotatable bonds is 55. The van der Waals surface area contributed by atoms with Crippen LogP contribution >= 0.6 is 0 Å². The maximum absolute atomic E-state index is 12.6. The fourth-order valence-electron chi connectivity index (χ4n) is 9.70. The van der Waals surface area contributed by atoms with Gasteiger partial charge in [-0.1, -0.05) is 322 Å². The predicted molar refractivity (Wildman–Crippen MR) is 279 cm³/mol. The summed E-state index contributed by atoms with van der Waals surface area (Å²) >= 11 is 0. The molecule has 0 heterocycles. The van der Waals surface area contributed by atoms with E-state index in [1.165, 1.54) is 270 Å². The molecule has 0 aliphatic heterocycles. The van der Waals surface area contributed by atoms with Crippen LogP contribution in [0.1, 0.15) is 335 Å². The topological polar surface area (TPSA) is 110 Å². The van der Waals surface area contributed by atoms with Crippen molar-refractivity contribution in [1.29, 1.82) is 0 Å². The molecule has 0 saturated carbocycles. The largest absolute Gasteiger partial charge is 0.394 e. The van der Waals surface area contributed by atoms with E-state index in [9.17, 15) is 25.2 Å². The van der Waals surface area contributed by atoms with E-state index in [0.717, 1.165) is 38.5 Å². The zero-order chi connectivity index (χ0) is 46.7. The molecule has 0 aromatic heterocycles. The lowest BCUT2D eigenvalue weighted by atomic mass is 9.99. The zero-order valence-corrected chi connectivity index (χ0v) is 43.6. The van der Waals surface area contributed by atoms with Crippen molar-refractivity contribution in [3.63, 3.8) is 0 Å². The molecule has 1 amide bonds. The molecule has 0 rings (SSSR count). The predicted octanol–water partition coefficient (Wildman–Crippen LogP) is 17.1. The molecule has 0 aliphatic rings. The number of aliphatic hydroxyl groups is 4. The lowest BCUT2D eigenvalue weighted by molar-refractivity contribution is -0.132. The van der Waals surface area contributed by atoms with Crippen LogP contribution in [0, 0.1) is 0 Å². The Balaban J connectivity index is 3.55. The summed E-state index contributed by atoms with van der Waals surface area (Å²) in [6.45, 7) is 4.10. The van der Waals surface area contributed by atoms with Gasteiger partial charge in [-0.05, 0) is 12.8 Å². The van der Waals surface area contributed by atoms with E-state index < -0.39 is 36.9 Å². The van der Waals surface area contributed by atoms with Crippen molar-refractivity contribution >= 4 is 5.91 Å². The van der Waals surface area contributed by atoms with Gasteiger partial charge < -0.3 is 25.7 Å². The van der Waals surface area contributed by atoms with E-state index in [1.807, 2.05) is 0 Å². The maximum atomic E-state index is 12.6. The van der Waals surface area contributed by atoms with E-state index in [0.29, 0.717) is 12.8 Å². The SMILES string of the molecule is CCCCCCCCCCCCCCCCCCCCCCCCCCCCCCCC(O)C(O)C(CO)NC(=O)C(O)CCCCCCCCCCCCCCCCCCCCC. The molecule has 4 atom stereocenters. The standard InChI is InChI=1S/C58H117NO5/c1-3-5-7-9-11-13-15-17-19-21-23-24-25-26-27-28-29-30-31-32-34-35-37-39-41-43-45-47-49-51-55(61)57(63)54(53-60)59-58(64)56(62)52-50-48-46-44-42-40-38-36-33-22-20-18-16-14-12-10-8-6-4-2/h54-57,60-63H,3-53H2,1-2H3,(H,59,64). The quantitative estimate of drug-likeness (QED) is 0.0391. The van der Waals surface area contributed by atoms with E-state index in [4.69, 9.17) is 0 Å². The van der Waals surface area contributed by atoms with Gasteiger partial charge in [-0.3, -0.25) is 4.79 Å². The maximum Gasteiger partial charge on any atom is 0.249 e. The Morgan fingerprint density at radius 2 is 0.531 bits per heavy atom. The van der Waals surface area contributed by atoms with E-state index in [2.05, 4.69) is 19.2 Å². The molecule has 0 radical (unpaired) electrons. The first kappa shape index (κ1) is 63.3. The molecular formula is C58H117NO5. The molecule has 384 valence electrons. The van der Waals surface area contributed by atoms with Crippen LogP contribution in [-0.4, -0.2) is 57.3 Å². The summed E-state index contributed by atoms with van der Waals surface area (Å²) < 4.78 is 0. The molecule has 6 nitrogen and oxygen atoms in total. The first-order chi connectivity index (χ1) is 31.5. The van der Waals surface area contributed by atoms with Crippen LogP contribution in [-0.2, 0) is 4.79 Å². The Labute approximate surface area is 400 Å². The smallest absolute Gasteiger partial charge is 0.249 e. The Morgan fingerprint density at radius 1 is 0.328 bits per heavy atom. The molecule has 0 fully saturated rings. The van der Waals surface area contributed by atoms with Gasteiger partial charge in [0.1, 0.15) is 12.2 Å². The summed E-state index contributed by atoms with van der Waals surface area (Å²) in [5, 5.41) is 44.1. The highest BCUT2D eigenvalue weighted by atomic mass is 16.3. The van der Waals surface area contributed by atoms with Gasteiger partial charge in [-0.15, -0.1) is 0 Å². The molecule has 0 bridgehead atoms. The molecule has 0 spiro atoms. The van der Waals surface area contributed by atoms with E-state index in [-0.39, 0.29) is 0 Å². The molecule has 64 heavy (non-hydrogen) atoms. The minimum atomic E-state index is -1.25. The summed E-state index contributed by atoms with van der Waals surface area (Å²) in [7, 11) is 0. The average Bonchev–Trinajstić information content (AvgIpc) is 3.30. The number of nitrogens with one attached hydrogen (secondary N) is 1. The van der Waals surface area contributed by atoms with Gasteiger partial charge in [0, 0.05) is 0 Å². The van der Waals surface area contributed by atoms with Crippen LogP contribution in [0.15, 0.2) is 0 Å². The number of aliphatic hydroxyl groups excluding tert-OH is 4. The number of carbonyl (C=O) groups excluding carboxylic acids is 1. The third-order valence-corrected chi connectivity index (χ3v) is 14.3. The van der Waals surface area contributed by atoms with E-state index in [1.54, 1.807) is 0 Å². The second-order valence-corrected chi connectivity index (χ2v) is 20.7. The minimum absolute atomic E-state index is 0.376. The number of unbranched alkanes of at least 4 members (excludes halogenated alkanes) is 46. The van der Waals surface area contributed by atoms with E-state index >= 15 is 0 Å². The number of hydrogen-bond donors (Lipinski definition) is 5. The number of hydrogen-bond acceptors (Lipinski definition) is 5. The van der Waals surface area contributed by atoms with Gasteiger partial charge in [0.15, 0.2) is 0 Å². The first-order valence-corrected chi connectivity index (χ1v) is 29.4. The van der Waals surface area contributed by atoms with Crippen LogP contribution in [0.4, 0.5) is 0 Å². The van der Waals surface area contributed by atoms with Crippen molar-refractivity contribution in [3.05, 3.63) is 0 Å². The van der Waals surface area contributed by atoms with Crippen molar-refractivity contribution in [2.45, 2.75) is 359 Å². The van der Waals surface area contributed by atoms with Crippen molar-refractivity contribution in [3.8, 4) is 0 Å². The number of amides is 1. The van der Waals surface area contributed by atoms with Crippen LogP contribution < -0.4 is 5.32 Å². The Kier molecular flexibility index (Phi) is 52.7. The molecule has 5 N–H and O–H groups in total. The van der Waals surface area contributed by atoms with Gasteiger partial charge in [0.25, 0.3) is 0 Å². The summed E-state index contributed by atoms with van der Waals surface area (Å²) in [5.41, 5.74) is 0. The van der Waals surface area contributed by atoms with Gasteiger partial charge in [-0.2, -0.15) is 0 Å². The Hall–Kier alpha value is -0.690. The van der Waals surface area contributed by atoms with Crippen molar-refractivity contribution in [2.24, 2.45) is 0 Å². The molecule has 6 heteroatoms. The lowest BCUT2D eigenvalue weighted by Gasteiger charge is -2.27. The van der Waals surface area contributed by atoms with Gasteiger partial charge in [0.2, 0.25) is 5.91 Å². The van der Waals surface area contributed by atoms with Gasteiger partial charge >= 0.3 is 0 Å². The molecule has 0 aromatic carbocycles. The van der Waals surface area contributed by atoms with Gasteiger partial charge in [-0.25, -0.2) is 0 Å². The van der Waals surface area contributed by atoms with Crippen LogP contribution in [0.25, 0.3) is 0 Å². The van der Waals surface area contributed by atoms with Crippen molar-refractivity contribution in [1.82, 2.24) is 5.32 Å². The average molecular weight is 909 g/mol. The highest BCUT2D eigenvalue weighted by Gasteiger charge is 2.28. The van der Waals surface area contributed by atoms with Crippen molar-refractivity contribution < 1.29 is 25.2 Å². The molecule has 0 saturated heterocycles. The summed E-state index contributed by atoms with van der Waals surface area (Å²) in [5.74, 6) is -0.576. The second-order valence-electron chi connectivity index (χ2n) is 20.7. The fourth-order valence-corrected chi connectivity index (χ4v) is 9.70. The highest BCUT2D eigenvalue weighted by Crippen LogP contribution is 2.19. The third-order valence-electron chi connectivity index (χ3n) is 14.3. The molecular weight excluding hydrogens is 791 g/mol. The highest BCUT2D eigenvalue weighted by molar-refractivity contribution is 5.80. The minimum Gasteiger partial charge on any atom is -0.394 e. The Morgan fingerprint density at radius 3 is 0.750 bits per heavy atom. The normalized spacial score (nSPS) is 13.7. The van der Waals surface area contributed by atoms with Crippen LogP contribution in [0.5, 0.6) is 0 Å². The molecule has 0 aromatic rings. The van der Waals surface area contributed by atoms with Crippen molar-refractivity contribution in [2.75, 3.05) is 6.61 Å². The van der Waals surface area contributed by atoms with Gasteiger partial charge in [0.05, 0.1) is 18.8 Å². The monoisotopic (exact) mass is 908 g/mol. The van der Waals surface area contributed by atoms with Crippen LogP contribution in [0.3, 0.4) is 0 Å². The summed E-state index contributed by atoms with van der Waals surface area (Å²) in [6, 6.07) is -0.981. The number of carbonyl (C=O) groups is 1. The first-order valence-electron chi connectivity index (χ1n) is 29.4. The lowest BCUT2D eigenvalue weighted by Crippen LogP contribution is -2.53. The molecule has 0 aliphatic carbocycles. The zero-order valence-electron chi connectivity index (χ0n) is 43.6. The fraction of sp³-hybridized carbons (Fsp3) is 0.983. The Bertz CT molecular complexity index is 887. The second kappa shape index (κ2) is 53.3. The van der Waals surface area contributed by atoms with Crippen LogP contribution in [0.2, 0.25) is 0 Å². The third kappa shape index (κ3) is 46.4.